The van der Waals surface area contributed by atoms with E-state index in [4.69, 9.17) is 4.74 Å². The Bertz CT molecular complexity index is 1020. The smallest absolute Gasteiger partial charge is 0.410 e. The summed E-state index contributed by atoms with van der Waals surface area (Å²) in [6.07, 6.45) is 2.72. The van der Waals surface area contributed by atoms with Crippen molar-refractivity contribution in [2.75, 3.05) is 30.3 Å². The second kappa shape index (κ2) is 8.29. The van der Waals surface area contributed by atoms with E-state index in [0.29, 0.717) is 18.5 Å². The van der Waals surface area contributed by atoms with Crippen LogP contribution in [0.1, 0.15) is 56.2 Å². The van der Waals surface area contributed by atoms with Gasteiger partial charge in [0.2, 0.25) is 0 Å². The van der Waals surface area contributed by atoms with Crippen LogP contribution in [0.3, 0.4) is 0 Å². The largest absolute Gasteiger partial charge is 0.444 e. The number of carbonyl (C=O) groups is 1. The minimum atomic E-state index is -0.486. The molecule has 3 aliphatic rings. The van der Waals surface area contributed by atoms with Crippen molar-refractivity contribution in [3.8, 4) is 0 Å². The van der Waals surface area contributed by atoms with Crippen molar-refractivity contribution in [3.05, 3.63) is 58.9 Å². The maximum atomic E-state index is 13.4. The molecule has 32 heavy (non-hydrogen) atoms. The number of halogens is 1. The van der Waals surface area contributed by atoms with E-state index in [1.807, 2.05) is 49.6 Å². The molecule has 1 fully saturated rings. The van der Waals surface area contributed by atoms with E-state index >= 15 is 0 Å². The van der Waals surface area contributed by atoms with Crippen molar-refractivity contribution in [1.82, 2.24) is 4.90 Å². The molecule has 1 saturated heterocycles. The van der Waals surface area contributed by atoms with Crippen molar-refractivity contribution in [2.24, 2.45) is 0 Å². The maximum Gasteiger partial charge on any atom is 0.410 e. The summed E-state index contributed by atoms with van der Waals surface area (Å²) in [6.45, 7) is 8.28. The monoisotopic (exact) mass is 454 g/mol. The van der Waals surface area contributed by atoms with Gasteiger partial charge in [0.15, 0.2) is 0 Å². The molecule has 4 nitrogen and oxygen atoms in total. The lowest BCUT2D eigenvalue weighted by Gasteiger charge is -2.39. The number of benzene rings is 2. The minimum absolute atomic E-state index is 0.201. The van der Waals surface area contributed by atoms with Crippen LogP contribution < -0.4 is 4.90 Å². The zero-order valence-corrected chi connectivity index (χ0v) is 19.9. The molecule has 2 atom stereocenters. The summed E-state index contributed by atoms with van der Waals surface area (Å²) in [6, 6.07) is 11.9. The number of nitrogens with zero attached hydrogens (tertiary/aromatic N) is 2. The second-order valence-corrected chi connectivity index (χ2v) is 11.3. The molecule has 3 aliphatic heterocycles. The number of hydrogen-bond donors (Lipinski definition) is 0. The van der Waals surface area contributed by atoms with E-state index in [2.05, 4.69) is 17.0 Å². The van der Waals surface area contributed by atoms with Crippen LogP contribution in [0.5, 0.6) is 0 Å². The Morgan fingerprint density at radius 3 is 2.69 bits per heavy atom. The summed E-state index contributed by atoms with van der Waals surface area (Å²) in [5.74, 6) is 1.23. The van der Waals surface area contributed by atoms with Gasteiger partial charge in [-0.2, -0.15) is 0 Å². The summed E-state index contributed by atoms with van der Waals surface area (Å²) in [5.41, 5.74) is 4.64. The van der Waals surface area contributed by atoms with Gasteiger partial charge in [-0.25, -0.2) is 9.18 Å². The van der Waals surface area contributed by atoms with Gasteiger partial charge in [-0.05, 0) is 80.7 Å². The molecule has 170 valence electrons. The lowest BCUT2D eigenvalue weighted by atomic mass is 9.88. The van der Waals surface area contributed by atoms with Crippen molar-refractivity contribution < 1.29 is 13.9 Å². The zero-order chi connectivity index (χ0) is 22.5. The molecule has 2 aromatic carbocycles. The van der Waals surface area contributed by atoms with Crippen LogP contribution in [0.2, 0.25) is 0 Å². The van der Waals surface area contributed by atoms with Crippen LogP contribution in [0.4, 0.5) is 14.9 Å². The predicted octanol–water partition coefficient (Wildman–Crippen LogP) is 5.83. The fourth-order valence-corrected chi connectivity index (χ4v) is 6.40. The first-order valence-corrected chi connectivity index (χ1v) is 12.6. The van der Waals surface area contributed by atoms with Gasteiger partial charge >= 0.3 is 6.09 Å². The molecule has 0 radical (unpaired) electrons. The van der Waals surface area contributed by atoms with Crippen LogP contribution in [-0.2, 0) is 11.2 Å². The highest BCUT2D eigenvalue weighted by atomic mass is 32.2. The highest BCUT2D eigenvalue weighted by Gasteiger charge is 2.45. The molecular weight excluding hydrogens is 423 g/mol. The summed E-state index contributed by atoms with van der Waals surface area (Å²) in [4.78, 5) is 18.7. The lowest BCUT2D eigenvalue weighted by Crippen LogP contribution is -2.49. The average molecular weight is 455 g/mol. The summed E-state index contributed by atoms with van der Waals surface area (Å²) < 4.78 is 19.0. The number of ether oxygens (including phenoxy) is 1. The van der Waals surface area contributed by atoms with Crippen LogP contribution in [0.15, 0.2) is 41.3 Å². The lowest BCUT2D eigenvalue weighted by molar-refractivity contribution is 0.0189. The Morgan fingerprint density at radius 1 is 1.16 bits per heavy atom. The van der Waals surface area contributed by atoms with E-state index in [1.165, 1.54) is 40.3 Å². The molecule has 5 rings (SSSR count). The number of thioether (sulfide) groups is 1. The summed E-state index contributed by atoms with van der Waals surface area (Å²) in [5, 5.41) is 0. The number of fused-ring (bicyclic) bond motifs is 3. The van der Waals surface area contributed by atoms with Gasteiger partial charge in [0.1, 0.15) is 11.4 Å². The van der Waals surface area contributed by atoms with Gasteiger partial charge in [-0.15, -0.1) is 11.8 Å². The molecule has 1 amide bonds. The number of amides is 1. The third-order valence-electron chi connectivity index (χ3n) is 6.60. The van der Waals surface area contributed by atoms with Crippen molar-refractivity contribution in [2.45, 2.75) is 62.5 Å². The quantitative estimate of drug-likeness (QED) is 0.572. The molecule has 2 aromatic rings. The molecule has 0 aromatic heterocycles. The molecule has 0 aliphatic carbocycles. The number of likely N-dealkylation sites (tertiary alicyclic amines) is 1. The Hall–Kier alpha value is -2.21. The Labute approximate surface area is 194 Å². The van der Waals surface area contributed by atoms with Crippen LogP contribution in [0.25, 0.3) is 0 Å². The Balaban J connectivity index is 1.47. The molecule has 0 bridgehead atoms. The fourth-order valence-electron chi connectivity index (χ4n) is 5.30. The Kier molecular flexibility index (Phi) is 5.60. The number of anilines is 1. The fraction of sp³-hybridized carbons (Fsp3) is 0.500. The highest BCUT2D eigenvalue weighted by molar-refractivity contribution is 7.99. The predicted molar refractivity (Wildman–Crippen MR) is 127 cm³/mol. The van der Waals surface area contributed by atoms with Crippen LogP contribution in [0, 0.1) is 5.82 Å². The third-order valence-corrected chi connectivity index (χ3v) is 7.72. The van der Waals surface area contributed by atoms with E-state index in [-0.39, 0.29) is 11.9 Å². The van der Waals surface area contributed by atoms with Gasteiger partial charge in [0.25, 0.3) is 0 Å². The first-order valence-electron chi connectivity index (χ1n) is 11.6. The SMILES string of the molecule is CC(C)(C)OC(=O)N1CC[C@H]2[C@@H](C1)c1cc(Cc3ccc(F)cc3)cc3c1N2CCCS3. The summed E-state index contributed by atoms with van der Waals surface area (Å²) >= 11 is 1.95. The number of rotatable bonds is 2. The normalized spacial score (nSPS) is 22.2. The number of piperidine rings is 1. The van der Waals surface area contributed by atoms with E-state index < -0.39 is 5.60 Å². The highest BCUT2D eigenvalue weighted by Crippen LogP contribution is 2.51. The molecule has 3 heterocycles. The standard InChI is InChI=1S/C26H31FN2O2S/c1-26(2,3)31-25(30)28-11-9-22-21(16-28)20-14-18(13-17-5-7-19(27)8-6-17)15-23-24(20)29(22)10-4-12-32-23/h5-8,14-15,21-22H,4,9-13,16H2,1-3H3/t21-,22-/m0/s1. The van der Waals surface area contributed by atoms with Gasteiger partial charge < -0.3 is 14.5 Å². The molecule has 0 unspecified atom stereocenters. The first-order chi connectivity index (χ1) is 15.3. The van der Waals surface area contributed by atoms with Gasteiger partial charge in [0, 0.05) is 36.5 Å². The molecular formula is C26H31FN2O2S. The number of hydrogen-bond acceptors (Lipinski definition) is 4. The van der Waals surface area contributed by atoms with Gasteiger partial charge in [-0.1, -0.05) is 18.2 Å². The van der Waals surface area contributed by atoms with Crippen LogP contribution >= 0.6 is 11.8 Å². The topological polar surface area (TPSA) is 32.8 Å². The maximum absolute atomic E-state index is 13.4. The van der Waals surface area contributed by atoms with E-state index in [1.54, 1.807) is 0 Å². The van der Waals surface area contributed by atoms with Gasteiger partial charge in [-0.3, -0.25) is 0 Å². The Morgan fingerprint density at radius 2 is 1.94 bits per heavy atom. The van der Waals surface area contributed by atoms with Crippen molar-refractivity contribution >= 4 is 23.5 Å². The average Bonchev–Trinajstić information content (AvgIpc) is 2.89. The second-order valence-electron chi connectivity index (χ2n) is 10.1. The van der Waals surface area contributed by atoms with Gasteiger partial charge in [0.05, 0.1) is 5.69 Å². The summed E-state index contributed by atoms with van der Waals surface area (Å²) in [7, 11) is 0. The van der Waals surface area contributed by atoms with Crippen molar-refractivity contribution in [3.63, 3.8) is 0 Å². The van der Waals surface area contributed by atoms with E-state index in [9.17, 15) is 9.18 Å². The first kappa shape index (κ1) is 21.6. The van der Waals surface area contributed by atoms with E-state index in [0.717, 1.165) is 37.2 Å². The van der Waals surface area contributed by atoms with Crippen molar-refractivity contribution in [1.29, 1.82) is 0 Å². The minimum Gasteiger partial charge on any atom is -0.444 e. The molecule has 0 spiro atoms. The molecule has 6 heteroatoms. The molecule has 0 N–H and O–H groups in total. The number of carbonyl (C=O) groups excluding carboxylic acids is 1. The van der Waals surface area contributed by atoms with Crippen LogP contribution in [-0.4, -0.2) is 48.0 Å². The third kappa shape index (κ3) is 4.21. The zero-order valence-electron chi connectivity index (χ0n) is 19.1. The molecule has 0 saturated carbocycles.